The molecule has 0 atom stereocenters. The molecule has 27 heavy (non-hydrogen) atoms. The molecule has 7 heteroatoms. The second-order valence-corrected chi connectivity index (χ2v) is 6.94. The molecule has 0 radical (unpaired) electrons. The summed E-state index contributed by atoms with van der Waals surface area (Å²) in [6.45, 7) is 6.46. The molecule has 0 bridgehead atoms. The molecule has 3 aromatic rings. The molecule has 0 aliphatic heterocycles. The molecule has 2 aromatic carbocycles. The molecule has 0 saturated carbocycles. The van der Waals surface area contributed by atoms with E-state index in [9.17, 15) is 4.79 Å². The number of nitrogens with zero attached hydrogens (tertiary/aromatic N) is 2. The number of rotatable bonds is 6. The van der Waals surface area contributed by atoms with Gasteiger partial charge >= 0.3 is 0 Å². The van der Waals surface area contributed by atoms with Gasteiger partial charge in [-0.1, -0.05) is 30.6 Å². The minimum Gasteiger partial charge on any atom is -0.492 e. The van der Waals surface area contributed by atoms with Gasteiger partial charge in [0.15, 0.2) is 5.82 Å². The fourth-order valence-electron chi connectivity index (χ4n) is 2.33. The Morgan fingerprint density at radius 2 is 1.96 bits per heavy atom. The van der Waals surface area contributed by atoms with Gasteiger partial charge in [-0.25, -0.2) is 0 Å². The highest BCUT2D eigenvalue weighted by atomic mass is 35.5. The van der Waals surface area contributed by atoms with Crippen LogP contribution < -0.4 is 10.1 Å². The van der Waals surface area contributed by atoms with Gasteiger partial charge in [-0.15, -0.1) is 0 Å². The lowest BCUT2D eigenvalue weighted by Crippen LogP contribution is -2.12. The third kappa shape index (κ3) is 4.86. The first kappa shape index (κ1) is 18.9. The number of anilines is 1. The van der Waals surface area contributed by atoms with Gasteiger partial charge in [0.05, 0.1) is 11.6 Å². The number of aryl methyl sites for hydroxylation is 1. The van der Waals surface area contributed by atoms with Crippen LogP contribution in [0.1, 0.15) is 30.0 Å². The van der Waals surface area contributed by atoms with Gasteiger partial charge in [0, 0.05) is 16.8 Å². The first-order valence-electron chi connectivity index (χ1n) is 8.57. The smallest absolute Gasteiger partial charge is 0.257 e. The van der Waals surface area contributed by atoms with Gasteiger partial charge in [-0.2, -0.15) is 4.98 Å². The van der Waals surface area contributed by atoms with Crippen molar-refractivity contribution in [2.75, 3.05) is 11.9 Å². The molecule has 0 aliphatic carbocycles. The van der Waals surface area contributed by atoms with Crippen LogP contribution in [0.15, 0.2) is 47.0 Å². The quantitative estimate of drug-likeness (QED) is 0.647. The maximum Gasteiger partial charge on any atom is 0.257 e. The van der Waals surface area contributed by atoms with Crippen molar-refractivity contribution >= 4 is 23.2 Å². The highest BCUT2D eigenvalue weighted by molar-refractivity contribution is 6.32. The average molecular weight is 386 g/mol. The molecule has 1 aromatic heterocycles. The fourth-order valence-corrected chi connectivity index (χ4v) is 2.57. The Morgan fingerprint density at radius 1 is 1.22 bits per heavy atom. The van der Waals surface area contributed by atoms with Crippen LogP contribution >= 0.6 is 11.6 Å². The minimum absolute atomic E-state index is 0.241. The van der Waals surface area contributed by atoms with E-state index in [-0.39, 0.29) is 5.91 Å². The predicted octanol–water partition coefficient (Wildman–Crippen LogP) is 4.99. The lowest BCUT2D eigenvalue weighted by atomic mass is 10.1. The summed E-state index contributed by atoms with van der Waals surface area (Å²) in [5.74, 6) is 1.74. The molecule has 1 N–H and O–H groups in total. The van der Waals surface area contributed by atoms with Gasteiger partial charge in [0.1, 0.15) is 5.75 Å². The van der Waals surface area contributed by atoms with Crippen LogP contribution in [0.5, 0.6) is 5.75 Å². The maximum atomic E-state index is 12.4. The number of amides is 1. The number of carbonyl (C=O) groups excluding carboxylic acids is 1. The second kappa shape index (κ2) is 8.22. The minimum atomic E-state index is -0.241. The number of hydrogen-bond acceptors (Lipinski definition) is 5. The molecule has 3 rings (SSSR count). The van der Waals surface area contributed by atoms with Crippen molar-refractivity contribution in [3.05, 3.63) is 58.9 Å². The molecule has 140 valence electrons. The van der Waals surface area contributed by atoms with Crippen molar-refractivity contribution in [2.24, 2.45) is 5.92 Å². The monoisotopic (exact) mass is 385 g/mol. The molecular weight excluding hydrogens is 366 g/mol. The van der Waals surface area contributed by atoms with Gasteiger partial charge in [-0.05, 0) is 55.3 Å². The van der Waals surface area contributed by atoms with Crippen LogP contribution in [0.4, 0.5) is 5.69 Å². The Hall–Kier alpha value is -2.86. The van der Waals surface area contributed by atoms with Gasteiger partial charge in [0.25, 0.3) is 11.8 Å². The second-order valence-electron chi connectivity index (χ2n) is 6.53. The molecule has 1 heterocycles. The topological polar surface area (TPSA) is 77.2 Å². The van der Waals surface area contributed by atoms with Crippen molar-refractivity contribution < 1.29 is 14.1 Å². The zero-order valence-electron chi connectivity index (χ0n) is 15.3. The standard InChI is InChI=1S/C20H20ClN3O3/c1-12(2)11-26-18-9-8-16(10-17(18)21)23-19(25)14-4-6-15(7-5-14)20-22-13(3)24-27-20/h4-10,12H,11H2,1-3H3,(H,23,25). The van der Waals surface area contributed by atoms with Crippen molar-refractivity contribution in [3.63, 3.8) is 0 Å². The SMILES string of the molecule is Cc1noc(-c2ccc(C(=O)Nc3ccc(OCC(C)C)c(Cl)c3)cc2)n1. The third-order valence-corrected chi connectivity index (χ3v) is 3.98. The van der Waals surface area contributed by atoms with Crippen LogP contribution in [0, 0.1) is 12.8 Å². The number of benzene rings is 2. The van der Waals surface area contributed by atoms with Crippen molar-refractivity contribution in [1.82, 2.24) is 10.1 Å². The van der Waals surface area contributed by atoms with Crippen molar-refractivity contribution in [2.45, 2.75) is 20.8 Å². The zero-order chi connectivity index (χ0) is 19.4. The Bertz CT molecular complexity index is 936. The largest absolute Gasteiger partial charge is 0.492 e. The van der Waals surface area contributed by atoms with Crippen LogP contribution in [0.3, 0.4) is 0 Å². The summed E-state index contributed by atoms with van der Waals surface area (Å²) in [4.78, 5) is 16.6. The van der Waals surface area contributed by atoms with Crippen LogP contribution in [-0.4, -0.2) is 22.7 Å². The van der Waals surface area contributed by atoms with Gasteiger partial charge < -0.3 is 14.6 Å². The summed E-state index contributed by atoms with van der Waals surface area (Å²) in [6, 6.07) is 12.1. The molecule has 0 unspecified atom stereocenters. The Labute approximate surface area is 162 Å². The first-order valence-corrected chi connectivity index (χ1v) is 8.94. The van der Waals surface area contributed by atoms with Crippen LogP contribution in [-0.2, 0) is 0 Å². The van der Waals surface area contributed by atoms with E-state index in [4.69, 9.17) is 20.9 Å². The zero-order valence-corrected chi connectivity index (χ0v) is 16.1. The lowest BCUT2D eigenvalue weighted by molar-refractivity contribution is 0.102. The number of aromatic nitrogens is 2. The normalized spacial score (nSPS) is 10.9. The first-order chi connectivity index (χ1) is 12.9. The number of hydrogen-bond donors (Lipinski definition) is 1. The highest BCUT2D eigenvalue weighted by Gasteiger charge is 2.11. The van der Waals surface area contributed by atoms with Gasteiger partial charge in [-0.3, -0.25) is 4.79 Å². The van der Waals surface area contributed by atoms with E-state index >= 15 is 0 Å². The summed E-state index contributed by atoms with van der Waals surface area (Å²) in [5, 5.41) is 7.03. The average Bonchev–Trinajstić information content (AvgIpc) is 3.07. The van der Waals surface area contributed by atoms with E-state index in [1.54, 1.807) is 49.4 Å². The number of halogens is 1. The fraction of sp³-hybridized carbons (Fsp3) is 0.250. The summed E-state index contributed by atoms with van der Waals surface area (Å²) in [5.41, 5.74) is 1.85. The molecule has 6 nitrogen and oxygen atoms in total. The predicted molar refractivity (Wildman–Crippen MR) is 104 cm³/mol. The van der Waals surface area contributed by atoms with Crippen molar-refractivity contribution in [1.29, 1.82) is 0 Å². The van der Waals surface area contributed by atoms with E-state index in [2.05, 4.69) is 29.3 Å². The molecule has 0 aliphatic rings. The van der Waals surface area contributed by atoms with E-state index in [1.165, 1.54) is 0 Å². The van der Waals surface area contributed by atoms with E-state index in [1.807, 2.05) is 0 Å². The summed E-state index contributed by atoms with van der Waals surface area (Å²) in [6.07, 6.45) is 0. The maximum absolute atomic E-state index is 12.4. The van der Waals surface area contributed by atoms with E-state index < -0.39 is 0 Å². The van der Waals surface area contributed by atoms with Crippen LogP contribution in [0.2, 0.25) is 5.02 Å². The van der Waals surface area contributed by atoms with Crippen LogP contribution in [0.25, 0.3) is 11.5 Å². The number of nitrogens with one attached hydrogen (secondary N) is 1. The molecule has 0 spiro atoms. The molecule has 1 amide bonds. The van der Waals surface area contributed by atoms with Gasteiger partial charge in [0.2, 0.25) is 0 Å². The molecular formula is C20H20ClN3O3. The van der Waals surface area contributed by atoms with E-state index in [0.29, 0.717) is 46.3 Å². The van der Waals surface area contributed by atoms with Crippen molar-refractivity contribution in [3.8, 4) is 17.2 Å². The Kier molecular flexibility index (Phi) is 5.76. The Balaban J connectivity index is 1.67. The summed E-state index contributed by atoms with van der Waals surface area (Å²) < 4.78 is 10.8. The highest BCUT2D eigenvalue weighted by Crippen LogP contribution is 2.28. The Morgan fingerprint density at radius 3 is 2.56 bits per heavy atom. The van der Waals surface area contributed by atoms with E-state index in [0.717, 1.165) is 5.56 Å². The number of ether oxygens (including phenoxy) is 1. The molecule has 0 fully saturated rings. The number of carbonyl (C=O) groups is 1. The third-order valence-electron chi connectivity index (χ3n) is 3.68. The summed E-state index contributed by atoms with van der Waals surface area (Å²) >= 11 is 6.23. The lowest BCUT2D eigenvalue weighted by Gasteiger charge is -2.12. The molecule has 0 saturated heterocycles. The summed E-state index contributed by atoms with van der Waals surface area (Å²) in [7, 11) is 0.